The van der Waals surface area contributed by atoms with Crippen molar-refractivity contribution in [3.05, 3.63) is 26.9 Å². The fourth-order valence-electron chi connectivity index (χ4n) is 2.06. The summed E-state index contributed by atoms with van der Waals surface area (Å²) in [6.07, 6.45) is 3.55. The number of carbonyl (C=O) groups is 2. The lowest BCUT2D eigenvalue weighted by Crippen LogP contribution is -2.29. The Morgan fingerprint density at radius 2 is 2.12 bits per heavy atom. The van der Waals surface area contributed by atoms with Gasteiger partial charge in [0.2, 0.25) is 0 Å². The predicted octanol–water partition coefficient (Wildman–Crippen LogP) is 0.923. The highest BCUT2D eigenvalue weighted by Crippen LogP contribution is 2.27. The summed E-state index contributed by atoms with van der Waals surface area (Å²) in [4.78, 5) is 36.1. The topological polar surface area (TPSA) is 137 Å². The maximum atomic E-state index is 11.9. The van der Waals surface area contributed by atoms with Crippen LogP contribution in [-0.4, -0.2) is 53.3 Å². The lowest BCUT2D eigenvalue weighted by atomic mass is 10.2. The minimum Gasteiger partial charge on any atom is -0.462 e. The summed E-state index contributed by atoms with van der Waals surface area (Å²) < 4.78 is 11.9. The van der Waals surface area contributed by atoms with E-state index in [1.165, 1.54) is 17.2 Å². The summed E-state index contributed by atoms with van der Waals surface area (Å²) in [5.74, 6) is -0.508. The molecule has 1 fully saturated rings. The van der Waals surface area contributed by atoms with Crippen LogP contribution < -0.4 is 11.4 Å². The van der Waals surface area contributed by atoms with Gasteiger partial charge in [-0.1, -0.05) is 32.5 Å². The summed E-state index contributed by atoms with van der Waals surface area (Å²) >= 11 is 4.87. The number of rotatable bonds is 5. The lowest BCUT2D eigenvalue weighted by Gasteiger charge is -2.16. The smallest absolute Gasteiger partial charge is 0.328 e. The monoisotopic (exact) mass is 389 g/mol. The Hall–Kier alpha value is -1.88. The Morgan fingerprint density at radius 3 is 2.65 bits per heavy atom. The molecule has 2 heterocycles. The zero-order valence-corrected chi connectivity index (χ0v) is 16.1. The van der Waals surface area contributed by atoms with Crippen LogP contribution in [0, 0.1) is 4.64 Å². The molecule has 2 atom stereocenters. The molecule has 148 valence electrons. The normalized spacial score (nSPS) is 18.0. The van der Waals surface area contributed by atoms with Crippen LogP contribution in [-0.2, 0) is 14.3 Å². The number of aromatic amines is 1. The fourth-order valence-corrected chi connectivity index (χ4v) is 2.25. The molecule has 0 bridgehead atoms. The summed E-state index contributed by atoms with van der Waals surface area (Å²) in [5.41, 5.74) is 4.90. The van der Waals surface area contributed by atoms with Crippen LogP contribution in [0.3, 0.4) is 0 Å². The minimum atomic E-state index is -0.523. The molecule has 4 N–H and O–H groups in total. The second-order valence-corrected chi connectivity index (χ2v) is 5.66. The zero-order chi connectivity index (χ0) is 20.1. The van der Waals surface area contributed by atoms with Crippen LogP contribution in [0.5, 0.6) is 0 Å². The standard InChI is InChI=1S/C12H15N3O5S.C3H8.CH4O/c13-3-10(17)19-6-8-1-2-9(20-8)15-4-7(5-16)11(21)14-12(15)18;1-3-2;1-2/h4-5,8-9H,1-3,6,13H2,(H,14,18,21);3H2,1-2H3;2H,1H3. The molecule has 1 aliphatic rings. The van der Waals surface area contributed by atoms with E-state index in [2.05, 4.69) is 18.8 Å². The third kappa shape index (κ3) is 7.56. The van der Waals surface area contributed by atoms with Crippen molar-refractivity contribution in [3.8, 4) is 0 Å². The molecule has 2 unspecified atom stereocenters. The highest BCUT2D eigenvalue weighted by Gasteiger charge is 2.28. The van der Waals surface area contributed by atoms with Crippen molar-refractivity contribution in [2.75, 3.05) is 20.3 Å². The molecule has 0 saturated carbocycles. The average Bonchev–Trinajstić information content (AvgIpc) is 3.11. The van der Waals surface area contributed by atoms with Gasteiger partial charge in [-0.05, 0) is 12.8 Å². The second kappa shape index (κ2) is 13.3. The molecule has 0 radical (unpaired) electrons. The van der Waals surface area contributed by atoms with Gasteiger partial charge >= 0.3 is 11.7 Å². The highest BCUT2D eigenvalue weighted by atomic mass is 32.1. The predicted molar refractivity (Wildman–Crippen MR) is 98.5 cm³/mol. The molecule has 0 aliphatic carbocycles. The van der Waals surface area contributed by atoms with Crippen molar-refractivity contribution in [1.82, 2.24) is 9.55 Å². The SMILES string of the molecule is CCC.CO.NCC(=O)OCC1CCC(n2cc(C=O)c(=S)[nH]c2=O)O1. The Balaban J connectivity index is 0.00000113. The quantitative estimate of drug-likeness (QED) is 0.384. The van der Waals surface area contributed by atoms with Gasteiger partial charge in [0.05, 0.1) is 18.2 Å². The summed E-state index contributed by atoms with van der Waals surface area (Å²) in [6, 6.07) is 0. The number of carbonyl (C=O) groups excluding carboxylic acids is 2. The summed E-state index contributed by atoms with van der Waals surface area (Å²) in [6.45, 7) is 4.15. The van der Waals surface area contributed by atoms with Gasteiger partial charge in [-0.15, -0.1) is 0 Å². The van der Waals surface area contributed by atoms with E-state index in [0.29, 0.717) is 19.1 Å². The molecule has 1 saturated heterocycles. The van der Waals surface area contributed by atoms with Gasteiger partial charge in [0.25, 0.3) is 0 Å². The molecular weight excluding hydrogens is 362 g/mol. The number of aliphatic hydroxyl groups excluding tert-OH is 1. The Kier molecular flexibility index (Phi) is 12.4. The van der Waals surface area contributed by atoms with Crippen molar-refractivity contribution in [3.63, 3.8) is 0 Å². The number of aldehydes is 1. The number of hydrogen-bond donors (Lipinski definition) is 3. The zero-order valence-electron chi connectivity index (χ0n) is 15.3. The van der Waals surface area contributed by atoms with E-state index >= 15 is 0 Å². The highest BCUT2D eigenvalue weighted by molar-refractivity contribution is 7.71. The first-order valence-electron chi connectivity index (χ1n) is 8.23. The van der Waals surface area contributed by atoms with Crippen LogP contribution in [0.2, 0.25) is 0 Å². The van der Waals surface area contributed by atoms with Gasteiger partial charge in [0.15, 0.2) is 6.29 Å². The number of nitrogens with zero attached hydrogens (tertiary/aromatic N) is 1. The van der Waals surface area contributed by atoms with Crippen molar-refractivity contribution in [1.29, 1.82) is 0 Å². The Labute approximate surface area is 157 Å². The van der Waals surface area contributed by atoms with Gasteiger partial charge in [0, 0.05) is 13.3 Å². The van der Waals surface area contributed by atoms with E-state index in [1.807, 2.05) is 0 Å². The maximum Gasteiger partial charge on any atom is 0.328 e. The number of nitrogens with one attached hydrogen (secondary N) is 1. The first kappa shape index (κ1) is 24.1. The summed E-state index contributed by atoms with van der Waals surface area (Å²) in [5, 5.41) is 7.00. The number of ether oxygens (including phenoxy) is 2. The van der Waals surface area contributed by atoms with E-state index < -0.39 is 17.9 Å². The van der Waals surface area contributed by atoms with Crippen LogP contribution in [0.15, 0.2) is 11.0 Å². The van der Waals surface area contributed by atoms with Gasteiger partial charge < -0.3 is 20.3 Å². The van der Waals surface area contributed by atoms with Gasteiger partial charge in [-0.2, -0.15) is 0 Å². The lowest BCUT2D eigenvalue weighted by molar-refractivity contribution is -0.146. The van der Waals surface area contributed by atoms with Crippen molar-refractivity contribution < 1.29 is 24.2 Å². The van der Waals surface area contributed by atoms with Crippen molar-refractivity contribution >= 4 is 24.5 Å². The number of aromatic nitrogens is 2. The second-order valence-electron chi connectivity index (χ2n) is 5.25. The van der Waals surface area contributed by atoms with E-state index in [9.17, 15) is 14.4 Å². The molecule has 26 heavy (non-hydrogen) atoms. The van der Waals surface area contributed by atoms with Crippen LogP contribution in [0.25, 0.3) is 0 Å². The molecule has 1 aliphatic heterocycles. The van der Waals surface area contributed by atoms with E-state index in [4.69, 9.17) is 32.5 Å². The molecule has 1 aromatic heterocycles. The first-order chi connectivity index (χ1) is 12.5. The van der Waals surface area contributed by atoms with E-state index in [0.717, 1.165) is 7.11 Å². The molecule has 10 heteroatoms. The molecule has 0 spiro atoms. The van der Waals surface area contributed by atoms with Crippen LogP contribution in [0.1, 0.15) is 49.7 Å². The molecule has 0 amide bonds. The average molecular weight is 389 g/mol. The number of aliphatic hydroxyl groups is 1. The molecule has 1 aromatic rings. The third-order valence-corrected chi connectivity index (χ3v) is 3.45. The van der Waals surface area contributed by atoms with Gasteiger partial charge in [-0.25, -0.2) is 4.79 Å². The third-order valence-electron chi connectivity index (χ3n) is 3.11. The first-order valence-corrected chi connectivity index (χ1v) is 8.64. The van der Waals surface area contributed by atoms with Crippen molar-refractivity contribution in [2.45, 2.75) is 45.4 Å². The van der Waals surface area contributed by atoms with Crippen LogP contribution in [0.4, 0.5) is 0 Å². The fraction of sp³-hybridized carbons (Fsp3) is 0.625. The number of esters is 1. The molecule has 2 rings (SSSR count). The molecule has 9 nitrogen and oxygen atoms in total. The largest absolute Gasteiger partial charge is 0.462 e. The number of hydrogen-bond acceptors (Lipinski definition) is 8. The number of H-pyrrole nitrogens is 1. The molecular formula is C16H27N3O6S. The van der Waals surface area contributed by atoms with E-state index in [-0.39, 0.29) is 29.5 Å². The van der Waals surface area contributed by atoms with Crippen molar-refractivity contribution in [2.24, 2.45) is 5.73 Å². The maximum absolute atomic E-state index is 11.9. The minimum absolute atomic E-state index is 0.0880. The molecule has 0 aromatic carbocycles. The Bertz CT molecular complexity index is 673. The number of nitrogens with two attached hydrogens (primary N) is 1. The Morgan fingerprint density at radius 1 is 1.50 bits per heavy atom. The van der Waals surface area contributed by atoms with Gasteiger partial charge in [-0.3, -0.25) is 19.1 Å². The van der Waals surface area contributed by atoms with Crippen LogP contribution >= 0.6 is 12.2 Å². The van der Waals surface area contributed by atoms with Gasteiger partial charge in [0.1, 0.15) is 17.5 Å². The van der Waals surface area contributed by atoms with E-state index in [1.54, 1.807) is 0 Å². The summed E-state index contributed by atoms with van der Waals surface area (Å²) in [7, 11) is 1.00.